The highest BCUT2D eigenvalue weighted by Crippen LogP contribution is 2.15. The highest BCUT2D eigenvalue weighted by atomic mass is 15.0. The Morgan fingerprint density at radius 3 is 3.00 bits per heavy atom. The molecule has 0 amide bonds. The molecule has 0 aromatic carbocycles. The summed E-state index contributed by atoms with van der Waals surface area (Å²) >= 11 is 0. The van der Waals surface area contributed by atoms with E-state index in [4.69, 9.17) is 5.73 Å². The minimum Gasteiger partial charge on any atom is -0.396 e. The van der Waals surface area contributed by atoms with Crippen molar-refractivity contribution in [3.63, 3.8) is 0 Å². The molecule has 0 aliphatic heterocycles. The van der Waals surface area contributed by atoms with Crippen molar-refractivity contribution in [3.05, 3.63) is 36.5 Å². The third-order valence-electron chi connectivity index (χ3n) is 2.76. The number of nitrogens with zero attached hydrogens (tertiary/aromatic N) is 3. The van der Waals surface area contributed by atoms with Crippen LogP contribution in [-0.4, -0.2) is 21.1 Å². The number of rotatable bonds is 6. The third-order valence-corrected chi connectivity index (χ3v) is 2.76. The molecule has 5 nitrogen and oxygen atoms in total. The molecule has 0 aliphatic rings. The van der Waals surface area contributed by atoms with Gasteiger partial charge in [0.2, 0.25) is 0 Å². The van der Waals surface area contributed by atoms with Gasteiger partial charge in [-0.15, -0.1) is 0 Å². The van der Waals surface area contributed by atoms with Crippen LogP contribution < -0.4 is 11.1 Å². The number of nitrogen functional groups attached to an aromatic ring is 1. The highest BCUT2D eigenvalue weighted by Gasteiger charge is 1.99. The molecule has 0 bridgehead atoms. The van der Waals surface area contributed by atoms with Crippen molar-refractivity contribution in [2.45, 2.75) is 26.3 Å². The Balaban J connectivity index is 1.70. The van der Waals surface area contributed by atoms with Gasteiger partial charge in [0, 0.05) is 31.2 Å². The molecule has 0 aliphatic carbocycles. The molecule has 2 heterocycles. The fourth-order valence-electron chi connectivity index (χ4n) is 1.75. The molecule has 2 aromatic rings. The number of imidazole rings is 1. The zero-order valence-corrected chi connectivity index (χ0v) is 10.6. The molecule has 2 aromatic heterocycles. The van der Waals surface area contributed by atoms with Gasteiger partial charge < -0.3 is 15.6 Å². The molecule has 5 heteroatoms. The van der Waals surface area contributed by atoms with Crippen molar-refractivity contribution in [1.82, 2.24) is 14.5 Å². The molecule has 0 spiro atoms. The predicted octanol–water partition coefficient (Wildman–Crippen LogP) is 2.06. The Hall–Kier alpha value is -2.04. The summed E-state index contributed by atoms with van der Waals surface area (Å²) in [4.78, 5) is 8.38. The number of pyridine rings is 1. The minimum atomic E-state index is 0.704. The Bertz CT molecular complexity index is 478. The molecule has 0 saturated carbocycles. The van der Waals surface area contributed by atoms with Crippen molar-refractivity contribution in [3.8, 4) is 0 Å². The normalized spacial score (nSPS) is 10.5. The lowest BCUT2D eigenvalue weighted by Gasteiger charge is -2.09. The molecule has 0 fully saturated rings. The van der Waals surface area contributed by atoms with Gasteiger partial charge in [-0.2, -0.15) is 0 Å². The van der Waals surface area contributed by atoms with E-state index in [1.807, 2.05) is 31.6 Å². The first-order valence-corrected chi connectivity index (χ1v) is 6.18. The average Bonchev–Trinajstić information content (AvgIpc) is 2.86. The summed E-state index contributed by atoms with van der Waals surface area (Å²) < 4.78 is 2.08. The summed E-state index contributed by atoms with van der Waals surface area (Å²) in [6.07, 6.45) is 7.80. The lowest BCUT2D eigenvalue weighted by molar-refractivity contribution is 0.620. The van der Waals surface area contributed by atoms with Crippen LogP contribution >= 0.6 is 0 Å². The van der Waals surface area contributed by atoms with E-state index in [-0.39, 0.29) is 0 Å². The fraction of sp³-hybridized carbons (Fsp3) is 0.385. The largest absolute Gasteiger partial charge is 0.396 e. The predicted molar refractivity (Wildman–Crippen MR) is 73.3 cm³/mol. The number of anilines is 2. The van der Waals surface area contributed by atoms with Crippen LogP contribution in [0, 0.1) is 6.92 Å². The maximum atomic E-state index is 5.84. The van der Waals surface area contributed by atoms with Crippen LogP contribution in [-0.2, 0) is 6.54 Å². The molecule has 3 N–H and O–H groups in total. The number of hydrogen-bond donors (Lipinski definition) is 2. The van der Waals surface area contributed by atoms with Crippen LogP contribution in [0.15, 0.2) is 30.9 Å². The topological polar surface area (TPSA) is 68.8 Å². The fourth-order valence-corrected chi connectivity index (χ4v) is 1.75. The van der Waals surface area contributed by atoms with Crippen molar-refractivity contribution >= 4 is 11.5 Å². The Morgan fingerprint density at radius 2 is 2.22 bits per heavy atom. The Kier molecular flexibility index (Phi) is 4.17. The molecule has 0 saturated heterocycles. The van der Waals surface area contributed by atoms with E-state index in [9.17, 15) is 0 Å². The standard InChI is InChI=1S/C13H19N5/c1-11-4-5-12(14)13(17-11)16-6-2-3-8-18-9-7-15-10-18/h4-5,7,9-10H,2-3,6,8,14H2,1H3,(H,16,17). The van der Waals surface area contributed by atoms with E-state index in [1.54, 1.807) is 6.20 Å². The first-order chi connectivity index (χ1) is 8.75. The van der Waals surface area contributed by atoms with Crippen LogP contribution in [0.1, 0.15) is 18.5 Å². The third kappa shape index (κ3) is 3.48. The van der Waals surface area contributed by atoms with E-state index in [0.717, 1.165) is 37.4 Å². The molecule has 0 radical (unpaired) electrons. The second-order valence-corrected chi connectivity index (χ2v) is 4.32. The second kappa shape index (κ2) is 6.05. The van der Waals surface area contributed by atoms with Crippen LogP contribution in [0.4, 0.5) is 11.5 Å². The van der Waals surface area contributed by atoms with Crippen LogP contribution in [0.5, 0.6) is 0 Å². The van der Waals surface area contributed by atoms with E-state index in [0.29, 0.717) is 5.69 Å². The molecule has 96 valence electrons. The zero-order valence-electron chi connectivity index (χ0n) is 10.6. The summed E-state index contributed by atoms with van der Waals surface area (Å²) in [5.41, 5.74) is 7.52. The smallest absolute Gasteiger partial charge is 0.149 e. The number of nitrogens with two attached hydrogens (primary N) is 1. The maximum absolute atomic E-state index is 5.84. The molecule has 0 unspecified atom stereocenters. The zero-order chi connectivity index (χ0) is 12.8. The van der Waals surface area contributed by atoms with Gasteiger partial charge in [-0.05, 0) is 31.9 Å². The number of hydrogen-bond acceptors (Lipinski definition) is 4. The highest BCUT2D eigenvalue weighted by molar-refractivity contribution is 5.61. The first-order valence-electron chi connectivity index (χ1n) is 6.18. The molecule has 18 heavy (non-hydrogen) atoms. The van der Waals surface area contributed by atoms with Crippen LogP contribution in [0.25, 0.3) is 0 Å². The van der Waals surface area contributed by atoms with E-state index < -0.39 is 0 Å². The quantitative estimate of drug-likeness (QED) is 0.764. The van der Waals surface area contributed by atoms with Gasteiger partial charge in [0.1, 0.15) is 5.82 Å². The van der Waals surface area contributed by atoms with Crippen molar-refractivity contribution < 1.29 is 0 Å². The summed E-state index contributed by atoms with van der Waals surface area (Å²) in [5, 5.41) is 3.27. The van der Waals surface area contributed by atoms with Gasteiger partial charge in [0.05, 0.1) is 12.0 Å². The monoisotopic (exact) mass is 245 g/mol. The van der Waals surface area contributed by atoms with Crippen molar-refractivity contribution in [2.24, 2.45) is 0 Å². The lowest BCUT2D eigenvalue weighted by atomic mass is 10.3. The maximum Gasteiger partial charge on any atom is 0.149 e. The molecular weight excluding hydrogens is 226 g/mol. The Morgan fingerprint density at radius 1 is 1.33 bits per heavy atom. The SMILES string of the molecule is Cc1ccc(N)c(NCCCCn2ccnc2)n1. The Labute approximate surface area is 107 Å². The first kappa shape index (κ1) is 12.4. The van der Waals surface area contributed by atoms with Crippen LogP contribution in [0.2, 0.25) is 0 Å². The van der Waals surface area contributed by atoms with Gasteiger partial charge in [0.25, 0.3) is 0 Å². The van der Waals surface area contributed by atoms with Gasteiger partial charge in [-0.3, -0.25) is 0 Å². The number of nitrogens with one attached hydrogen (secondary N) is 1. The summed E-state index contributed by atoms with van der Waals surface area (Å²) in [6.45, 7) is 3.84. The summed E-state index contributed by atoms with van der Waals surface area (Å²) in [6, 6.07) is 3.80. The number of aryl methyl sites for hydroxylation is 2. The van der Waals surface area contributed by atoms with Crippen molar-refractivity contribution in [1.29, 1.82) is 0 Å². The van der Waals surface area contributed by atoms with Gasteiger partial charge in [0.15, 0.2) is 0 Å². The molecule has 2 rings (SSSR count). The van der Waals surface area contributed by atoms with E-state index in [1.165, 1.54) is 0 Å². The lowest BCUT2D eigenvalue weighted by Crippen LogP contribution is -2.07. The summed E-state index contributed by atoms with van der Waals surface area (Å²) in [7, 11) is 0. The van der Waals surface area contributed by atoms with Gasteiger partial charge in [-0.1, -0.05) is 0 Å². The number of unbranched alkanes of at least 4 members (excludes halogenated alkanes) is 1. The molecular formula is C13H19N5. The van der Waals surface area contributed by atoms with Gasteiger partial charge in [-0.25, -0.2) is 9.97 Å². The van der Waals surface area contributed by atoms with Crippen molar-refractivity contribution in [2.75, 3.05) is 17.6 Å². The average molecular weight is 245 g/mol. The van der Waals surface area contributed by atoms with E-state index >= 15 is 0 Å². The van der Waals surface area contributed by atoms with Crippen LogP contribution in [0.3, 0.4) is 0 Å². The second-order valence-electron chi connectivity index (χ2n) is 4.32. The van der Waals surface area contributed by atoms with E-state index in [2.05, 4.69) is 19.9 Å². The summed E-state index contributed by atoms with van der Waals surface area (Å²) in [5.74, 6) is 0.789. The van der Waals surface area contributed by atoms with Gasteiger partial charge >= 0.3 is 0 Å². The molecule has 0 atom stereocenters. The number of aromatic nitrogens is 3. The minimum absolute atomic E-state index is 0.704.